The molecule has 26 heavy (non-hydrogen) atoms. The number of hydrogen-bond donors (Lipinski definition) is 0. The molecule has 0 saturated carbocycles. The maximum Gasteiger partial charge on any atom is 0.326 e. The van der Waals surface area contributed by atoms with E-state index in [-0.39, 0.29) is 4.90 Å². The van der Waals surface area contributed by atoms with Gasteiger partial charge in [-0.1, -0.05) is 42.5 Å². The van der Waals surface area contributed by atoms with Crippen molar-refractivity contribution in [3.8, 4) is 0 Å². The summed E-state index contributed by atoms with van der Waals surface area (Å²) in [6.07, 6.45) is 0. The Morgan fingerprint density at radius 1 is 0.962 bits per heavy atom. The van der Waals surface area contributed by atoms with Crippen molar-refractivity contribution in [2.75, 3.05) is 18.0 Å². The summed E-state index contributed by atoms with van der Waals surface area (Å²) in [5.41, 5.74) is 1.31. The topological polar surface area (TPSA) is 63.7 Å². The van der Waals surface area contributed by atoms with E-state index < -0.39 is 22.5 Å². The van der Waals surface area contributed by atoms with Gasteiger partial charge in [-0.25, -0.2) is 8.42 Å². The molecule has 0 spiro atoms. The molecule has 0 heterocycles. The van der Waals surface area contributed by atoms with Gasteiger partial charge in [0, 0.05) is 0 Å². The lowest BCUT2D eigenvalue weighted by Crippen LogP contribution is -2.36. The van der Waals surface area contributed by atoms with Gasteiger partial charge in [0.25, 0.3) is 10.0 Å². The van der Waals surface area contributed by atoms with E-state index in [9.17, 15) is 13.2 Å². The van der Waals surface area contributed by atoms with Crippen LogP contribution >= 0.6 is 0 Å². The van der Waals surface area contributed by atoms with Gasteiger partial charge in [0.15, 0.2) is 0 Å². The van der Waals surface area contributed by atoms with Gasteiger partial charge >= 0.3 is 5.97 Å². The van der Waals surface area contributed by atoms with Gasteiger partial charge in [-0.2, -0.15) is 0 Å². The number of aryl methyl sites for hydroxylation is 1. The smallest absolute Gasteiger partial charge is 0.326 e. The highest BCUT2D eigenvalue weighted by atomic mass is 32.2. The lowest BCUT2D eigenvalue weighted by molar-refractivity contribution is -0.138. The van der Waals surface area contributed by atoms with Crippen LogP contribution in [0.5, 0.6) is 0 Å². The first-order valence-electron chi connectivity index (χ1n) is 8.07. The standard InChI is InChI=1S/C20H19NO4S/c1-15-6-5-9-18(12-15)21(14-20(22)25-2)26(23,24)19-11-10-16-7-3-4-8-17(16)13-19/h3-13H,14H2,1-2H3. The highest BCUT2D eigenvalue weighted by molar-refractivity contribution is 7.92. The van der Waals surface area contributed by atoms with E-state index in [0.29, 0.717) is 5.69 Å². The first-order valence-corrected chi connectivity index (χ1v) is 9.51. The van der Waals surface area contributed by atoms with Crippen LogP contribution in [0.4, 0.5) is 5.69 Å². The van der Waals surface area contributed by atoms with E-state index >= 15 is 0 Å². The molecule has 0 atom stereocenters. The summed E-state index contributed by atoms with van der Waals surface area (Å²) in [5.74, 6) is -0.629. The molecule has 0 bridgehead atoms. The minimum atomic E-state index is -3.94. The normalized spacial score (nSPS) is 11.3. The Bertz CT molecular complexity index is 1060. The van der Waals surface area contributed by atoms with E-state index in [1.54, 1.807) is 36.4 Å². The maximum absolute atomic E-state index is 13.3. The Morgan fingerprint density at radius 2 is 1.69 bits per heavy atom. The molecule has 0 unspecified atom stereocenters. The molecule has 3 aromatic rings. The van der Waals surface area contributed by atoms with Crippen LogP contribution in [0.25, 0.3) is 10.8 Å². The second-order valence-electron chi connectivity index (χ2n) is 5.94. The third-order valence-electron chi connectivity index (χ3n) is 4.10. The van der Waals surface area contributed by atoms with Crippen LogP contribution in [-0.4, -0.2) is 28.0 Å². The number of anilines is 1. The van der Waals surface area contributed by atoms with E-state index in [4.69, 9.17) is 0 Å². The Kier molecular flexibility index (Phi) is 4.95. The molecule has 3 aromatic carbocycles. The van der Waals surface area contributed by atoms with Crippen molar-refractivity contribution in [1.82, 2.24) is 0 Å². The molecule has 0 aliphatic carbocycles. The van der Waals surface area contributed by atoms with Crippen LogP contribution in [0.2, 0.25) is 0 Å². The summed E-state index contributed by atoms with van der Waals surface area (Å²) in [6.45, 7) is 1.47. The Labute approximate surface area is 152 Å². The molecule has 6 heteroatoms. The van der Waals surface area contributed by atoms with Gasteiger partial charge in [0.05, 0.1) is 17.7 Å². The Balaban J connectivity index is 2.12. The number of hydrogen-bond acceptors (Lipinski definition) is 4. The Hall–Kier alpha value is -2.86. The van der Waals surface area contributed by atoms with Crippen molar-refractivity contribution in [2.24, 2.45) is 0 Å². The number of sulfonamides is 1. The zero-order valence-electron chi connectivity index (χ0n) is 14.5. The number of nitrogens with zero attached hydrogens (tertiary/aromatic N) is 1. The summed E-state index contributed by atoms with van der Waals surface area (Å²) in [6, 6.07) is 19.4. The third kappa shape index (κ3) is 3.55. The predicted octanol–water partition coefficient (Wildman–Crippen LogP) is 3.52. The molecule has 0 fully saturated rings. The molecular weight excluding hydrogens is 350 g/mol. The molecule has 0 amide bonds. The second kappa shape index (κ2) is 7.17. The highest BCUT2D eigenvalue weighted by Gasteiger charge is 2.27. The number of benzene rings is 3. The predicted molar refractivity (Wildman–Crippen MR) is 102 cm³/mol. The molecule has 0 aliphatic rings. The third-order valence-corrected chi connectivity index (χ3v) is 5.87. The quantitative estimate of drug-likeness (QED) is 0.646. The molecule has 0 radical (unpaired) electrons. The number of rotatable bonds is 5. The number of methoxy groups -OCH3 is 1. The molecule has 0 saturated heterocycles. The molecule has 0 aromatic heterocycles. The lowest BCUT2D eigenvalue weighted by Gasteiger charge is -2.24. The fourth-order valence-corrected chi connectivity index (χ4v) is 4.17. The first kappa shape index (κ1) is 17.9. The Morgan fingerprint density at radius 3 is 2.38 bits per heavy atom. The minimum absolute atomic E-state index is 0.126. The number of esters is 1. The zero-order chi connectivity index (χ0) is 18.7. The van der Waals surface area contributed by atoms with E-state index in [1.807, 2.05) is 37.3 Å². The van der Waals surface area contributed by atoms with Gasteiger partial charge in [-0.15, -0.1) is 0 Å². The second-order valence-corrected chi connectivity index (χ2v) is 7.80. The van der Waals surface area contributed by atoms with Crippen molar-refractivity contribution in [1.29, 1.82) is 0 Å². The van der Waals surface area contributed by atoms with Crippen LogP contribution in [-0.2, 0) is 19.6 Å². The summed E-state index contributed by atoms with van der Waals surface area (Å²) in [7, 11) is -2.70. The highest BCUT2D eigenvalue weighted by Crippen LogP contribution is 2.27. The van der Waals surface area contributed by atoms with Crippen molar-refractivity contribution in [3.05, 3.63) is 72.3 Å². The maximum atomic E-state index is 13.3. The minimum Gasteiger partial charge on any atom is -0.468 e. The zero-order valence-corrected chi connectivity index (χ0v) is 15.4. The van der Waals surface area contributed by atoms with Crippen LogP contribution in [0, 0.1) is 6.92 Å². The number of carbonyl (C=O) groups excluding carboxylic acids is 1. The van der Waals surface area contributed by atoms with Crippen LogP contribution in [0.15, 0.2) is 71.6 Å². The van der Waals surface area contributed by atoms with Crippen LogP contribution < -0.4 is 4.31 Å². The summed E-state index contributed by atoms with van der Waals surface area (Å²) in [4.78, 5) is 12.0. The van der Waals surface area contributed by atoms with Crippen molar-refractivity contribution in [2.45, 2.75) is 11.8 Å². The largest absolute Gasteiger partial charge is 0.468 e. The summed E-state index contributed by atoms with van der Waals surface area (Å²) in [5, 5.41) is 1.76. The van der Waals surface area contributed by atoms with Gasteiger partial charge in [0.1, 0.15) is 6.54 Å². The lowest BCUT2D eigenvalue weighted by atomic mass is 10.1. The first-order chi connectivity index (χ1) is 12.4. The molecule has 3 rings (SSSR count). The number of fused-ring (bicyclic) bond motifs is 1. The number of carbonyl (C=O) groups is 1. The molecule has 134 valence electrons. The molecule has 5 nitrogen and oxygen atoms in total. The average molecular weight is 369 g/mol. The average Bonchev–Trinajstić information content (AvgIpc) is 2.65. The van der Waals surface area contributed by atoms with Gasteiger partial charge in [0.2, 0.25) is 0 Å². The fraction of sp³-hybridized carbons (Fsp3) is 0.150. The van der Waals surface area contributed by atoms with Crippen LogP contribution in [0.1, 0.15) is 5.56 Å². The van der Waals surface area contributed by atoms with Gasteiger partial charge in [-0.05, 0) is 47.5 Å². The SMILES string of the molecule is COC(=O)CN(c1cccc(C)c1)S(=O)(=O)c1ccc2ccccc2c1. The van der Waals surface area contributed by atoms with Crippen molar-refractivity contribution < 1.29 is 17.9 Å². The molecule has 0 aliphatic heterocycles. The van der Waals surface area contributed by atoms with Crippen LogP contribution in [0.3, 0.4) is 0 Å². The summed E-state index contributed by atoms with van der Waals surface area (Å²) < 4.78 is 32.3. The van der Waals surface area contributed by atoms with E-state index in [0.717, 1.165) is 20.6 Å². The number of ether oxygens (including phenoxy) is 1. The molecular formula is C20H19NO4S. The molecule has 0 N–H and O–H groups in total. The van der Waals surface area contributed by atoms with E-state index in [1.165, 1.54) is 7.11 Å². The fourth-order valence-electron chi connectivity index (χ4n) is 2.74. The van der Waals surface area contributed by atoms with Gasteiger partial charge in [-0.3, -0.25) is 9.10 Å². The van der Waals surface area contributed by atoms with E-state index in [2.05, 4.69) is 4.74 Å². The summed E-state index contributed by atoms with van der Waals surface area (Å²) >= 11 is 0. The van der Waals surface area contributed by atoms with Gasteiger partial charge < -0.3 is 4.74 Å². The van der Waals surface area contributed by atoms with Crippen molar-refractivity contribution >= 4 is 32.5 Å². The van der Waals surface area contributed by atoms with Crippen molar-refractivity contribution in [3.63, 3.8) is 0 Å². The monoisotopic (exact) mass is 369 g/mol.